The molecule has 1 aliphatic heterocycles. The molecule has 138 valence electrons. The zero-order valence-corrected chi connectivity index (χ0v) is 15.5. The second kappa shape index (κ2) is 8.18. The molecule has 1 saturated heterocycles. The van der Waals surface area contributed by atoms with Crippen LogP contribution in [0.15, 0.2) is 53.4 Å². The van der Waals surface area contributed by atoms with Crippen molar-refractivity contribution in [1.29, 1.82) is 0 Å². The highest BCUT2D eigenvalue weighted by molar-refractivity contribution is 7.89. The van der Waals surface area contributed by atoms with E-state index >= 15 is 0 Å². The van der Waals surface area contributed by atoms with Crippen LogP contribution >= 0.6 is 11.6 Å². The van der Waals surface area contributed by atoms with Gasteiger partial charge in [-0.1, -0.05) is 29.8 Å². The second-order valence-electron chi connectivity index (χ2n) is 5.95. The molecule has 0 radical (unpaired) electrons. The fraction of sp³-hybridized carbons (Fsp3) is 0.278. The number of hydrogen-bond donors (Lipinski definition) is 2. The van der Waals surface area contributed by atoms with E-state index < -0.39 is 15.9 Å². The van der Waals surface area contributed by atoms with Crippen molar-refractivity contribution in [1.82, 2.24) is 4.72 Å². The molecule has 0 aliphatic carbocycles. The molecule has 1 fully saturated rings. The van der Waals surface area contributed by atoms with Crippen molar-refractivity contribution in [2.24, 2.45) is 0 Å². The van der Waals surface area contributed by atoms with Gasteiger partial charge in [-0.15, -0.1) is 0 Å². The lowest BCUT2D eigenvalue weighted by Gasteiger charge is -2.12. The Morgan fingerprint density at radius 3 is 2.73 bits per heavy atom. The summed E-state index contributed by atoms with van der Waals surface area (Å²) in [6.07, 6.45) is 1.67. The van der Waals surface area contributed by atoms with Crippen molar-refractivity contribution in [2.75, 3.05) is 18.5 Å². The van der Waals surface area contributed by atoms with Gasteiger partial charge in [-0.2, -0.15) is 0 Å². The smallest absolute Gasteiger partial charge is 0.255 e. The van der Waals surface area contributed by atoms with E-state index in [4.69, 9.17) is 16.3 Å². The van der Waals surface area contributed by atoms with Crippen LogP contribution in [0.25, 0.3) is 0 Å². The minimum atomic E-state index is -3.72. The van der Waals surface area contributed by atoms with E-state index in [9.17, 15) is 13.2 Å². The maximum Gasteiger partial charge on any atom is 0.255 e. The number of para-hydroxylation sites is 1. The molecule has 3 rings (SSSR count). The topological polar surface area (TPSA) is 84.5 Å². The third-order valence-electron chi connectivity index (χ3n) is 4.05. The largest absolute Gasteiger partial charge is 0.377 e. The summed E-state index contributed by atoms with van der Waals surface area (Å²) in [7, 11) is -3.72. The Hall–Kier alpha value is -1.93. The number of hydrogen-bond acceptors (Lipinski definition) is 4. The average molecular weight is 395 g/mol. The maximum atomic E-state index is 12.5. The Bertz CT molecular complexity index is 896. The van der Waals surface area contributed by atoms with E-state index in [1.165, 1.54) is 18.2 Å². The fourth-order valence-corrected chi connectivity index (χ4v) is 3.95. The molecule has 2 aromatic carbocycles. The molecule has 0 bridgehead atoms. The minimum Gasteiger partial charge on any atom is -0.377 e. The number of halogens is 1. The Morgan fingerprint density at radius 1 is 1.19 bits per heavy atom. The van der Waals surface area contributed by atoms with Crippen LogP contribution in [0.2, 0.25) is 5.02 Å². The third kappa shape index (κ3) is 4.62. The first-order valence-corrected chi connectivity index (χ1v) is 10.1. The van der Waals surface area contributed by atoms with Gasteiger partial charge in [-0.25, -0.2) is 13.1 Å². The van der Waals surface area contributed by atoms with Crippen molar-refractivity contribution in [3.8, 4) is 0 Å². The number of carbonyl (C=O) groups is 1. The van der Waals surface area contributed by atoms with Gasteiger partial charge in [-0.05, 0) is 43.2 Å². The lowest BCUT2D eigenvalue weighted by atomic mass is 10.2. The van der Waals surface area contributed by atoms with Crippen LogP contribution in [-0.4, -0.2) is 33.6 Å². The SMILES string of the molecule is O=C(Nc1ccccc1Cl)c1cccc(S(=O)(=O)NCC2CCCO2)c1. The second-order valence-corrected chi connectivity index (χ2v) is 8.12. The van der Waals surface area contributed by atoms with Crippen LogP contribution in [0, 0.1) is 0 Å². The Kier molecular flexibility index (Phi) is 5.93. The number of benzene rings is 2. The quantitative estimate of drug-likeness (QED) is 0.788. The molecular weight excluding hydrogens is 376 g/mol. The predicted molar refractivity (Wildman–Crippen MR) is 100 cm³/mol. The van der Waals surface area contributed by atoms with Crippen molar-refractivity contribution < 1.29 is 17.9 Å². The van der Waals surface area contributed by atoms with Gasteiger partial charge in [0.25, 0.3) is 5.91 Å². The highest BCUT2D eigenvalue weighted by Crippen LogP contribution is 2.22. The van der Waals surface area contributed by atoms with Crippen LogP contribution < -0.4 is 10.0 Å². The van der Waals surface area contributed by atoms with Gasteiger partial charge < -0.3 is 10.1 Å². The number of carbonyl (C=O) groups excluding carboxylic acids is 1. The number of nitrogens with one attached hydrogen (secondary N) is 2. The van der Waals surface area contributed by atoms with Crippen LogP contribution in [0.1, 0.15) is 23.2 Å². The average Bonchev–Trinajstić information content (AvgIpc) is 3.16. The summed E-state index contributed by atoms with van der Waals surface area (Å²) in [5.74, 6) is -0.436. The lowest BCUT2D eigenvalue weighted by molar-refractivity contribution is 0.102. The Morgan fingerprint density at radius 2 is 2.00 bits per heavy atom. The van der Waals surface area contributed by atoms with E-state index in [-0.39, 0.29) is 23.1 Å². The standard InChI is InChI=1S/C18H19ClN2O4S/c19-16-8-1-2-9-17(16)21-18(22)13-5-3-7-15(11-13)26(23,24)20-12-14-6-4-10-25-14/h1-3,5,7-9,11,14,20H,4,6,10,12H2,(H,21,22). The first-order chi connectivity index (χ1) is 12.5. The predicted octanol–water partition coefficient (Wildman–Crippen LogP) is 3.05. The van der Waals surface area contributed by atoms with E-state index in [1.807, 2.05) is 0 Å². The molecule has 1 atom stereocenters. The highest BCUT2D eigenvalue weighted by Gasteiger charge is 2.21. The van der Waals surface area contributed by atoms with Gasteiger partial charge in [0.1, 0.15) is 0 Å². The molecule has 1 aliphatic rings. The van der Waals surface area contributed by atoms with Crippen LogP contribution in [0.5, 0.6) is 0 Å². The summed E-state index contributed by atoms with van der Waals surface area (Å²) in [5, 5.41) is 3.08. The first kappa shape index (κ1) is 18.8. The molecule has 0 aromatic heterocycles. The molecule has 2 N–H and O–H groups in total. The third-order valence-corrected chi connectivity index (χ3v) is 5.80. The normalized spacial score (nSPS) is 17.2. The van der Waals surface area contributed by atoms with Crippen molar-refractivity contribution >= 4 is 33.2 Å². The van der Waals surface area contributed by atoms with E-state index in [0.29, 0.717) is 17.3 Å². The summed E-state index contributed by atoms with van der Waals surface area (Å²) in [5.41, 5.74) is 0.689. The Labute approximate surface area is 157 Å². The van der Waals surface area contributed by atoms with E-state index in [2.05, 4.69) is 10.0 Å². The lowest BCUT2D eigenvalue weighted by Crippen LogP contribution is -2.32. The van der Waals surface area contributed by atoms with Gasteiger partial charge in [0.05, 0.1) is 21.7 Å². The molecule has 0 saturated carbocycles. The fourth-order valence-electron chi connectivity index (χ4n) is 2.65. The van der Waals surface area contributed by atoms with E-state index in [0.717, 1.165) is 12.8 Å². The molecule has 1 amide bonds. The monoisotopic (exact) mass is 394 g/mol. The van der Waals surface area contributed by atoms with Gasteiger partial charge in [0, 0.05) is 18.7 Å². The van der Waals surface area contributed by atoms with Gasteiger partial charge in [0.2, 0.25) is 10.0 Å². The summed E-state index contributed by atoms with van der Waals surface area (Å²) in [4.78, 5) is 12.4. The highest BCUT2D eigenvalue weighted by atomic mass is 35.5. The zero-order chi connectivity index (χ0) is 18.6. The maximum absolute atomic E-state index is 12.5. The van der Waals surface area contributed by atoms with Gasteiger partial charge in [-0.3, -0.25) is 4.79 Å². The van der Waals surface area contributed by atoms with Crippen LogP contribution in [0.4, 0.5) is 5.69 Å². The van der Waals surface area contributed by atoms with Gasteiger partial charge in [0.15, 0.2) is 0 Å². The number of rotatable bonds is 6. The molecular formula is C18H19ClN2O4S. The van der Waals surface area contributed by atoms with Crippen molar-refractivity contribution in [3.05, 3.63) is 59.1 Å². The minimum absolute atomic E-state index is 0.0299. The molecule has 6 nitrogen and oxygen atoms in total. The number of amides is 1. The molecule has 8 heteroatoms. The Balaban J connectivity index is 1.72. The molecule has 26 heavy (non-hydrogen) atoms. The summed E-state index contributed by atoms with van der Waals surface area (Å²) >= 11 is 6.03. The molecule has 1 unspecified atom stereocenters. The van der Waals surface area contributed by atoms with Crippen LogP contribution in [0.3, 0.4) is 0 Å². The van der Waals surface area contributed by atoms with Crippen LogP contribution in [-0.2, 0) is 14.8 Å². The summed E-state index contributed by atoms with van der Waals surface area (Å²) < 4.78 is 32.9. The molecule has 0 spiro atoms. The first-order valence-electron chi connectivity index (χ1n) is 8.23. The summed E-state index contributed by atoms with van der Waals surface area (Å²) in [6.45, 7) is 0.877. The molecule has 2 aromatic rings. The van der Waals surface area contributed by atoms with Gasteiger partial charge >= 0.3 is 0 Å². The number of sulfonamides is 1. The van der Waals surface area contributed by atoms with E-state index in [1.54, 1.807) is 30.3 Å². The number of ether oxygens (including phenoxy) is 1. The number of anilines is 1. The van der Waals surface area contributed by atoms with Crippen molar-refractivity contribution in [3.63, 3.8) is 0 Å². The zero-order valence-electron chi connectivity index (χ0n) is 13.9. The van der Waals surface area contributed by atoms with Crippen molar-refractivity contribution in [2.45, 2.75) is 23.8 Å². The summed E-state index contributed by atoms with van der Waals surface area (Å²) in [6, 6.07) is 12.7. The molecule has 1 heterocycles.